The van der Waals surface area contributed by atoms with Crippen LogP contribution in [-0.4, -0.2) is 25.4 Å². The van der Waals surface area contributed by atoms with Crippen molar-refractivity contribution < 1.29 is 18.7 Å². The molecule has 0 saturated heterocycles. The van der Waals surface area contributed by atoms with Gasteiger partial charge >= 0.3 is 6.03 Å². The van der Waals surface area contributed by atoms with Gasteiger partial charge in [-0.3, -0.25) is 0 Å². The lowest BCUT2D eigenvalue weighted by Gasteiger charge is -2.38. The molecule has 1 heterocycles. The zero-order chi connectivity index (χ0) is 21.8. The molecule has 0 aromatic heterocycles. The van der Waals surface area contributed by atoms with Gasteiger partial charge in [0.2, 0.25) is 6.79 Å². The smallest absolute Gasteiger partial charge is 0.323 e. The van der Waals surface area contributed by atoms with Gasteiger partial charge in [0.05, 0.1) is 11.4 Å². The topological polar surface area (TPSA) is 62.8 Å². The van der Waals surface area contributed by atoms with Gasteiger partial charge in [0.15, 0.2) is 11.5 Å². The Balaban J connectivity index is 1.54. The fourth-order valence-corrected chi connectivity index (χ4v) is 4.34. The Labute approximate surface area is 182 Å². The number of halogens is 1. The number of hydrogen-bond donors (Lipinski definition) is 2. The lowest BCUT2D eigenvalue weighted by atomic mass is 9.93. The van der Waals surface area contributed by atoms with E-state index >= 15 is 0 Å². The molecule has 7 heteroatoms. The molecule has 1 aliphatic carbocycles. The first-order valence-corrected chi connectivity index (χ1v) is 11.0. The van der Waals surface area contributed by atoms with Crippen molar-refractivity contribution >= 4 is 23.1 Å². The van der Waals surface area contributed by atoms with Crippen LogP contribution < -0.4 is 25.0 Å². The van der Waals surface area contributed by atoms with Gasteiger partial charge in [-0.1, -0.05) is 33.1 Å². The minimum Gasteiger partial charge on any atom is -0.454 e. The number of ether oxygens (including phenoxy) is 2. The zero-order valence-corrected chi connectivity index (χ0v) is 18.1. The van der Waals surface area contributed by atoms with Crippen molar-refractivity contribution in [2.75, 3.05) is 28.9 Å². The highest BCUT2D eigenvalue weighted by Crippen LogP contribution is 2.36. The average Bonchev–Trinajstić information content (AvgIpc) is 3.22. The van der Waals surface area contributed by atoms with E-state index in [1.165, 1.54) is 31.4 Å². The Kier molecular flexibility index (Phi) is 6.49. The zero-order valence-electron chi connectivity index (χ0n) is 18.1. The molecule has 2 aromatic carbocycles. The number of carbonyl (C=O) groups is 1. The van der Waals surface area contributed by atoms with Gasteiger partial charge in [0.25, 0.3) is 0 Å². The number of anilines is 3. The lowest BCUT2D eigenvalue weighted by molar-refractivity contribution is 0.174. The van der Waals surface area contributed by atoms with Crippen LogP contribution >= 0.6 is 0 Å². The maximum atomic E-state index is 14.2. The largest absolute Gasteiger partial charge is 0.454 e. The third-order valence-corrected chi connectivity index (χ3v) is 5.73. The second-order valence-corrected chi connectivity index (χ2v) is 8.65. The number of nitrogens with one attached hydrogen (secondary N) is 2. The van der Waals surface area contributed by atoms with Gasteiger partial charge < -0.3 is 25.0 Å². The second-order valence-electron chi connectivity index (χ2n) is 8.65. The maximum Gasteiger partial charge on any atom is 0.323 e. The SMILES string of the molecule is CC(C)CN(c1cc(F)ccc1NC(=O)Nc1ccc2c(c1)OCO2)C1CCCCC1. The first-order valence-electron chi connectivity index (χ1n) is 11.0. The van der Waals surface area contributed by atoms with E-state index in [2.05, 4.69) is 29.4 Å². The first kappa shape index (κ1) is 21.3. The van der Waals surface area contributed by atoms with Gasteiger partial charge in [-0.15, -0.1) is 0 Å². The van der Waals surface area contributed by atoms with Crippen LogP contribution in [0.15, 0.2) is 36.4 Å². The number of rotatable bonds is 6. The summed E-state index contributed by atoms with van der Waals surface area (Å²) in [4.78, 5) is 15.0. The monoisotopic (exact) mass is 427 g/mol. The van der Waals surface area contributed by atoms with E-state index in [9.17, 15) is 9.18 Å². The van der Waals surface area contributed by atoms with E-state index in [4.69, 9.17) is 9.47 Å². The van der Waals surface area contributed by atoms with E-state index in [0.717, 1.165) is 25.1 Å². The fraction of sp³-hybridized carbons (Fsp3) is 0.458. The Hall–Kier alpha value is -2.96. The van der Waals surface area contributed by atoms with Gasteiger partial charge in [-0.05, 0) is 49.1 Å². The van der Waals surface area contributed by atoms with Gasteiger partial charge in [-0.2, -0.15) is 0 Å². The molecule has 31 heavy (non-hydrogen) atoms. The number of carbonyl (C=O) groups excluding carboxylic acids is 1. The van der Waals surface area contributed by atoms with Crippen molar-refractivity contribution in [3.8, 4) is 11.5 Å². The summed E-state index contributed by atoms with van der Waals surface area (Å²) in [5, 5.41) is 5.74. The number of benzene rings is 2. The molecule has 4 rings (SSSR count). The molecular formula is C24H30FN3O3. The normalized spacial score (nSPS) is 15.7. The highest BCUT2D eigenvalue weighted by molar-refractivity contribution is 6.02. The van der Waals surface area contributed by atoms with Crippen molar-refractivity contribution in [3.63, 3.8) is 0 Å². The van der Waals surface area contributed by atoms with Crippen molar-refractivity contribution in [1.29, 1.82) is 0 Å². The third-order valence-electron chi connectivity index (χ3n) is 5.73. The molecular weight excluding hydrogens is 397 g/mol. The van der Waals surface area contributed by atoms with Crippen LogP contribution in [0.5, 0.6) is 11.5 Å². The van der Waals surface area contributed by atoms with Crippen LogP contribution in [0.25, 0.3) is 0 Å². The molecule has 1 saturated carbocycles. The van der Waals surface area contributed by atoms with E-state index in [0.29, 0.717) is 34.8 Å². The van der Waals surface area contributed by atoms with Crippen LogP contribution in [0.3, 0.4) is 0 Å². The molecule has 0 bridgehead atoms. The molecule has 0 spiro atoms. The predicted molar refractivity (Wildman–Crippen MR) is 121 cm³/mol. The van der Waals surface area contributed by atoms with Gasteiger partial charge in [0, 0.05) is 24.3 Å². The second kappa shape index (κ2) is 9.45. The van der Waals surface area contributed by atoms with E-state index in [1.807, 2.05) is 0 Å². The summed E-state index contributed by atoms with van der Waals surface area (Å²) in [6.07, 6.45) is 5.79. The highest BCUT2D eigenvalue weighted by Gasteiger charge is 2.25. The van der Waals surface area contributed by atoms with E-state index in [1.54, 1.807) is 24.3 Å². The Morgan fingerprint density at radius 2 is 1.84 bits per heavy atom. The lowest BCUT2D eigenvalue weighted by Crippen LogP contribution is -2.40. The molecule has 166 valence electrons. The standard InChI is InChI=1S/C24H30FN3O3/c1-16(2)14-28(19-6-4-3-5-7-19)21-12-17(25)8-10-20(21)27-24(29)26-18-9-11-22-23(13-18)31-15-30-22/h8-13,16,19H,3-7,14-15H2,1-2H3,(H2,26,27,29). The quantitative estimate of drug-likeness (QED) is 0.594. The number of urea groups is 1. The molecule has 6 nitrogen and oxygen atoms in total. The van der Waals surface area contributed by atoms with Crippen molar-refractivity contribution in [2.45, 2.75) is 52.0 Å². The van der Waals surface area contributed by atoms with Gasteiger partial charge in [-0.25, -0.2) is 9.18 Å². The van der Waals surface area contributed by atoms with Crippen molar-refractivity contribution in [2.24, 2.45) is 5.92 Å². The maximum absolute atomic E-state index is 14.2. The van der Waals surface area contributed by atoms with Crippen LogP contribution in [0.4, 0.5) is 26.2 Å². The van der Waals surface area contributed by atoms with Crippen molar-refractivity contribution in [3.05, 3.63) is 42.2 Å². The molecule has 0 radical (unpaired) electrons. The van der Waals surface area contributed by atoms with Crippen LogP contribution in [0, 0.1) is 11.7 Å². The molecule has 1 fully saturated rings. The molecule has 2 amide bonds. The summed E-state index contributed by atoms with van der Waals surface area (Å²) in [5.41, 5.74) is 1.93. The van der Waals surface area contributed by atoms with Crippen LogP contribution in [0.1, 0.15) is 46.0 Å². The molecule has 2 aromatic rings. The summed E-state index contributed by atoms with van der Waals surface area (Å²) in [6, 6.07) is 9.76. The minimum atomic E-state index is -0.389. The summed E-state index contributed by atoms with van der Waals surface area (Å²) < 4.78 is 24.9. The number of nitrogens with zero attached hydrogens (tertiary/aromatic N) is 1. The Bertz CT molecular complexity index is 928. The van der Waals surface area contributed by atoms with Gasteiger partial charge in [0.1, 0.15) is 5.82 Å². The Morgan fingerprint density at radius 1 is 1.06 bits per heavy atom. The third kappa shape index (κ3) is 5.21. The van der Waals surface area contributed by atoms with Crippen LogP contribution in [0.2, 0.25) is 0 Å². The van der Waals surface area contributed by atoms with E-state index < -0.39 is 0 Å². The Morgan fingerprint density at radius 3 is 2.61 bits per heavy atom. The van der Waals surface area contributed by atoms with E-state index in [-0.39, 0.29) is 18.6 Å². The predicted octanol–water partition coefficient (Wildman–Crippen LogP) is 5.99. The minimum absolute atomic E-state index is 0.177. The summed E-state index contributed by atoms with van der Waals surface area (Å²) in [5.74, 6) is 1.37. The molecule has 2 aliphatic rings. The van der Waals surface area contributed by atoms with Crippen molar-refractivity contribution in [1.82, 2.24) is 0 Å². The number of amides is 2. The first-order chi connectivity index (χ1) is 15.0. The molecule has 0 atom stereocenters. The molecule has 0 unspecified atom stereocenters. The highest BCUT2D eigenvalue weighted by atomic mass is 19.1. The molecule has 1 aliphatic heterocycles. The summed E-state index contributed by atoms with van der Waals surface area (Å²) >= 11 is 0. The number of fused-ring (bicyclic) bond motifs is 1. The fourth-order valence-electron chi connectivity index (χ4n) is 4.34. The van der Waals surface area contributed by atoms with Crippen LogP contribution in [-0.2, 0) is 0 Å². The average molecular weight is 428 g/mol. The summed E-state index contributed by atoms with van der Waals surface area (Å²) in [6.45, 7) is 5.31. The summed E-state index contributed by atoms with van der Waals surface area (Å²) in [7, 11) is 0. The molecule has 2 N–H and O–H groups in total. The number of hydrogen-bond acceptors (Lipinski definition) is 4.